The van der Waals surface area contributed by atoms with Gasteiger partial charge in [0.25, 0.3) is 0 Å². The van der Waals surface area contributed by atoms with Crippen molar-refractivity contribution in [3.8, 4) is 0 Å². The Balaban J connectivity index is 2.00. The Bertz CT molecular complexity index is 722. The van der Waals surface area contributed by atoms with Crippen molar-refractivity contribution in [1.29, 1.82) is 0 Å². The highest BCUT2D eigenvalue weighted by Gasteiger charge is 2.60. The molecule has 2 unspecified atom stereocenters. The predicted octanol–water partition coefficient (Wildman–Crippen LogP) is 1.19. The molecule has 2 N–H and O–H groups in total. The third-order valence-corrected chi connectivity index (χ3v) is 5.79. The largest absolute Gasteiger partial charge is 0.458 e. The van der Waals surface area contributed by atoms with Gasteiger partial charge in [0, 0.05) is 24.0 Å². The monoisotopic (exact) mass is 378 g/mol. The van der Waals surface area contributed by atoms with Crippen LogP contribution < -0.4 is 0 Å². The number of aliphatic hydroxyl groups excluding tert-OH is 2. The summed E-state index contributed by atoms with van der Waals surface area (Å²) in [7, 11) is 0. The van der Waals surface area contributed by atoms with E-state index in [1.807, 2.05) is 0 Å². The van der Waals surface area contributed by atoms with Crippen LogP contribution in [0.1, 0.15) is 33.6 Å². The highest BCUT2D eigenvalue weighted by atomic mass is 16.6. The second kappa shape index (κ2) is 7.22. The van der Waals surface area contributed by atoms with Crippen LogP contribution in [0.2, 0.25) is 0 Å². The molecule has 2 heterocycles. The first-order valence-corrected chi connectivity index (χ1v) is 9.11. The first kappa shape index (κ1) is 19.8. The smallest absolute Gasteiger partial charge is 0.334 e. The van der Waals surface area contributed by atoms with Crippen molar-refractivity contribution in [3.05, 3.63) is 35.5 Å². The van der Waals surface area contributed by atoms with E-state index in [1.54, 1.807) is 32.9 Å². The summed E-state index contributed by atoms with van der Waals surface area (Å²) in [5.74, 6) is -1.67. The van der Waals surface area contributed by atoms with E-state index in [-0.39, 0.29) is 24.7 Å². The minimum Gasteiger partial charge on any atom is -0.458 e. The van der Waals surface area contributed by atoms with Crippen LogP contribution in [0.15, 0.2) is 35.5 Å². The average molecular weight is 378 g/mol. The molecule has 0 aromatic heterocycles. The maximum Gasteiger partial charge on any atom is 0.334 e. The van der Waals surface area contributed by atoms with E-state index in [0.29, 0.717) is 17.6 Å². The zero-order chi connectivity index (χ0) is 19.9. The van der Waals surface area contributed by atoms with E-state index in [2.05, 4.69) is 6.58 Å². The van der Waals surface area contributed by atoms with Gasteiger partial charge in [-0.05, 0) is 32.4 Å². The quantitative estimate of drug-likeness (QED) is 0.329. The van der Waals surface area contributed by atoms with Gasteiger partial charge in [0.15, 0.2) is 0 Å². The maximum absolute atomic E-state index is 12.4. The second-order valence-corrected chi connectivity index (χ2v) is 7.53. The molecule has 0 amide bonds. The third-order valence-electron chi connectivity index (χ3n) is 5.79. The molecule has 3 rings (SSSR count). The Hall–Kier alpha value is -1.96. The molecule has 3 aliphatic rings. The van der Waals surface area contributed by atoms with Gasteiger partial charge in [-0.25, -0.2) is 9.59 Å². The number of epoxide rings is 1. The Morgan fingerprint density at radius 1 is 1.52 bits per heavy atom. The maximum atomic E-state index is 12.4. The van der Waals surface area contributed by atoms with Gasteiger partial charge in [-0.1, -0.05) is 12.7 Å². The number of carbonyl (C=O) groups is 2. The van der Waals surface area contributed by atoms with Gasteiger partial charge in [0.1, 0.15) is 17.8 Å². The van der Waals surface area contributed by atoms with Crippen LogP contribution in [0.4, 0.5) is 0 Å². The molecule has 6 atom stereocenters. The standard InChI is InChI=1S/C20H26O7/c1-5-10(2)18(23)26-15-8-20(9-21)16(27-20)7-13(22)11(3)6-14-17(15)12(4)19(24)25-14/h5-6,13-17,21-22H,4,7-9H2,1-3H3/b10-5-,11-6-/t13?,14-,15?,16-,17+,20-/m1/s1. The third kappa shape index (κ3) is 3.59. The molecule has 0 saturated carbocycles. The van der Waals surface area contributed by atoms with E-state index < -0.39 is 41.8 Å². The lowest BCUT2D eigenvalue weighted by Gasteiger charge is -2.29. The summed E-state index contributed by atoms with van der Waals surface area (Å²) >= 11 is 0. The number of fused-ring (bicyclic) bond motifs is 2. The first-order chi connectivity index (χ1) is 12.7. The lowest BCUT2D eigenvalue weighted by atomic mass is 9.81. The Labute approximate surface area is 158 Å². The summed E-state index contributed by atoms with van der Waals surface area (Å²) in [6.07, 6.45) is 1.24. The van der Waals surface area contributed by atoms with Gasteiger partial charge < -0.3 is 24.4 Å². The molecule has 7 nitrogen and oxygen atoms in total. The fourth-order valence-electron chi connectivity index (χ4n) is 3.77. The molecule has 27 heavy (non-hydrogen) atoms. The fourth-order valence-corrected chi connectivity index (χ4v) is 3.77. The van der Waals surface area contributed by atoms with Gasteiger partial charge in [-0.3, -0.25) is 0 Å². The molecule has 0 bridgehead atoms. The molecular formula is C20H26O7. The Morgan fingerprint density at radius 2 is 2.22 bits per heavy atom. The van der Waals surface area contributed by atoms with Crippen molar-refractivity contribution in [2.45, 2.75) is 63.6 Å². The van der Waals surface area contributed by atoms with Gasteiger partial charge in [0.05, 0.1) is 24.7 Å². The molecule has 7 heteroatoms. The van der Waals surface area contributed by atoms with Crippen LogP contribution >= 0.6 is 0 Å². The van der Waals surface area contributed by atoms with Gasteiger partial charge in [-0.2, -0.15) is 0 Å². The molecule has 0 aromatic carbocycles. The van der Waals surface area contributed by atoms with Gasteiger partial charge in [0.2, 0.25) is 0 Å². The zero-order valence-corrected chi connectivity index (χ0v) is 15.8. The van der Waals surface area contributed by atoms with Crippen LogP contribution in [-0.2, 0) is 23.8 Å². The highest BCUT2D eigenvalue weighted by Crippen LogP contribution is 2.48. The normalized spacial score (nSPS) is 41.0. The van der Waals surface area contributed by atoms with Crippen molar-refractivity contribution < 1.29 is 34.0 Å². The van der Waals surface area contributed by atoms with Crippen LogP contribution in [0.5, 0.6) is 0 Å². The van der Waals surface area contributed by atoms with Crippen molar-refractivity contribution in [3.63, 3.8) is 0 Å². The Kier molecular flexibility index (Phi) is 5.29. The summed E-state index contributed by atoms with van der Waals surface area (Å²) in [4.78, 5) is 24.5. The summed E-state index contributed by atoms with van der Waals surface area (Å²) in [6.45, 7) is 8.67. The highest BCUT2D eigenvalue weighted by molar-refractivity contribution is 5.92. The topological polar surface area (TPSA) is 106 Å². The van der Waals surface area contributed by atoms with Crippen molar-refractivity contribution >= 4 is 11.9 Å². The molecule has 0 spiro atoms. The van der Waals surface area contributed by atoms with Gasteiger partial charge >= 0.3 is 11.9 Å². The average Bonchev–Trinajstić information content (AvgIpc) is 3.23. The summed E-state index contributed by atoms with van der Waals surface area (Å²) in [6, 6.07) is 0. The van der Waals surface area contributed by atoms with Gasteiger partial charge in [-0.15, -0.1) is 0 Å². The first-order valence-electron chi connectivity index (χ1n) is 9.11. The number of aliphatic hydroxyl groups is 2. The molecular weight excluding hydrogens is 352 g/mol. The Morgan fingerprint density at radius 3 is 2.85 bits per heavy atom. The van der Waals surface area contributed by atoms with E-state index in [9.17, 15) is 19.8 Å². The zero-order valence-electron chi connectivity index (χ0n) is 15.8. The van der Waals surface area contributed by atoms with E-state index in [1.165, 1.54) is 0 Å². The predicted molar refractivity (Wildman–Crippen MR) is 95.5 cm³/mol. The number of rotatable bonds is 3. The molecule has 2 saturated heterocycles. The van der Waals surface area contributed by atoms with Crippen LogP contribution in [0, 0.1) is 5.92 Å². The van der Waals surface area contributed by atoms with Crippen LogP contribution in [0.25, 0.3) is 0 Å². The lowest BCUT2D eigenvalue weighted by molar-refractivity contribution is -0.148. The second-order valence-electron chi connectivity index (χ2n) is 7.53. The summed E-state index contributed by atoms with van der Waals surface area (Å²) < 4.78 is 16.8. The number of allylic oxidation sites excluding steroid dienone is 1. The number of hydrogen-bond donors (Lipinski definition) is 2. The summed E-state index contributed by atoms with van der Waals surface area (Å²) in [5, 5.41) is 20.3. The molecule has 2 aliphatic heterocycles. The molecule has 148 valence electrons. The number of ether oxygens (including phenoxy) is 3. The van der Waals surface area contributed by atoms with Crippen molar-refractivity contribution in [2.75, 3.05) is 6.61 Å². The molecule has 0 aromatic rings. The minimum absolute atomic E-state index is 0.188. The minimum atomic E-state index is -0.913. The molecule has 1 aliphatic carbocycles. The van der Waals surface area contributed by atoms with E-state index >= 15 is 0 Å². The van der Waals surface area contributed by atoms with Crippen molar-refractivity contribution in [2.24, 2.45) is 5.92 Å². The number of hydrogen-bond acceptors (Lipinski definition) is 7. The SMILES string of the molecule is C=C1C(=O)O[C@@H]2/C=C(/C)C(O)C[C@H]3O[C@@]3(CO)CC(OC(=O)/C(C)=C\C)[C@@H]12. The van der Waals surface area contributed by atoms with E-state index in [4.69, 9.17) is 14.2 Å². The molecule has 0 radical (unpaired) electrons. The number of carbonyl (C=O) groups excluding carboxylic acids is 2. The lowest BCUT2D eigenvalue weighted by Crippen LogP contribution is -2.40. The van der Waals surface area contributed by atoms with Crippen LogP contribution in [0.3, 0.4) is 0 Å². The van der Waals surface area contributed by atoms with E-state index in [0.717, 1.165) is 0 Å². The van der Waals surface area contributed by atoms with Crippen molar-refractivity contribution in [1.82, 2.24) is 0 Å². The fraction of sp³-hybridized carbons (Fsp3) is 0.600. The summed E-state index contributed by atoms with van der Waals surface area (Å²) in [5.41, 5.74) is 0.365. The molecule has 2 fully saturated rings. The van der Waals surface area contributed by atoms with Crippen LogP contribution in [-0.4, -0.2) is 58.8 Å². The number of esters is 2.